The molecular weight excluding hydrogens is 384 g/mol. The monoisotopic (exact) mass is 394 g/mol. The molecule has 0 aliphatic rings. The third-order valence-corrected chi connectivity index (χ3v) is 3.47. The van der Waals surface area contributed by atoms with Crippen LogP contribution in [0.3, 0.4) is 0 Å². The van der Waals surface area contributed by atoms with E-state index in [-0.39, 0.29) is 11.1 Å². The SMILES string of the molecule is O=[N+]([O-])c1cc(COC(O)c2ccc([N+](=O)[O-])c([N+](=O)[O-])c2)cc([N+](=O)[O-])c1. The van der Waals surface area contributed by atoms with Crippen molar-refractivity contribution in [3.8, 4) is 0 Å². The van der Waals surface area contributed by atoms with Gasteiger partial charge in [0.2, 0.25) is 0 Å². The maximum Gasteiger partial charge on any atom is 0.346 e. The predicted molar refractivity (Wildman–Crippen MR) is 89.3 cm³/mol. The van der Waals surface area contributed by atoms with E-state index >= 15 is 0 Å². The summed E-state index contributed by atoms with van der Waals surface area (Å²) in [4.78, 5) is 39.8. The van der Waals surface area contributed by atoms with Gasteiger partial charge in [0, 0.05) is 29.8 Å². The Hall–Kier alpha value is -4.04. The number of non-ortho nitro benzene ring substituents is 2. The van der Waals surface area contributed by atoms with Crippen molar-refractivity contribution in [2.24, 2.45) is 0 Å². The first-order valence-corrected chi connectivity index (χ1v) is 7.25. The second-order valence-electron chi connectivity index (χ2n) is 5.30. The fourth-order valence-corrected chi connectivity index (χ4v) is 2.22. The van der Waals surface area contributed by atoms with Crippen molar-refractivity contribution < 1.29 is 29.5 Å². The summed E-state index contributed by atoms with van der Waals surface area (Å²) in [6.07, 6.45) is -1.78. The molecule has 1 atom stereocenters. The van der Waals surface area contributed by atoms with Crippen LogP contribution in [0.1, 0.15) is 17.4 Å². The maximum absolute atomic E-state index is 10.9. The van der Waals surface area contributed by atoms with E-state index < -0.39 is 55.3 Å². The Morgan fingerprint density at radius 3 is 1.79 bits per heavy atom. The molecule has 2 rings (SSSR count). The fourth-order valence-electron chi connectivity index (χ4n) is 2.22. The smallest absolute Gasteiger partial charge is 0.346 e. The number of hydrogen-bond acceptors (Lipinski definition) is 10. The van der Waals surface area contributed by atoms with Crippen LogP contribution < -0.4 is 0 Å². The Morgan fingerprint density at radius 1 is 0.786 bits per heavy atom. The van der Waals surface area contributed by atoms with Crippen LogP contribution in [0.15, 0.2) is 36.4 Å². The quantitative estimate of drug-likeness (QED) is 0.393. The van der Waals surface area contributed by atoms with Crippen LogP contribution in [0.2, 0.25) is 0 Å². The Kier molecular flexibility index (Phi) is 5.87. The summed E-state index contributed by atoms with van der Waals surface area (Å²) >= 11 is 0. The van der Waals surface area contributed by atoms with Crippen molar-refractivity contribution in [2.75, 3.05) is 0 Å². The molecule has 0 saturated heterocycles. The number of hydrogen-bond donors (Lipinski definition) is 1. The van der Waals surface area contributed by atoms with Gasteiger partial charge in [0.15, 0.2) is 6.29 Å². The van der Waals surface area contributed by atoms with Gasteiger partial charge in [-0.1, -0.05) is 0 Å². The van der Waals surface area contributed by atoms with E-state index in [4.69, 9.17) is 4.74 Å². The summed E-state index contributed by atoms with van der Waals surface area (Å²) in [6.45, 7) is -0.505. The first kappa shape index (κ1) is 20.3. The van der Waals surface area contributed by atoms with E-state index in [0.29, 0.717) is 0 Å². The van der Waals surface area contributed by atoms with Crippen LogP contribution in [0.5, 0.6) is 0 Å². The second-order valence-corrected chi connectivity index (χ2v) is 5.30. The van der Waals surface area contributed by atoms with Crippen molar-refractivity contribution in [2.45, 2.75) is 12.9 Å². The molecule has 0 aliphatic heterocycles. The summed E-state index contributed by atoms with van der Waals surface area (Å²) in [5, 5.41) is 53.4. The molecule has 0 heterocycles. The molecule has 0 aliphatic carbocycles. The van der Waals surface area contributed by atoms with Gasteiger partial charge in [-0.15, -0.1) is 0 Å². The van der Waals surface area contributed by atoms with Crippen molar-refractivity contribution in [1.29, 1.82) is 0 Å². The molecule has 0 spiro atoms. The number of aliphatic hydroxyl groups excluding tert-OH is 1. The molecule has 1 unspecified atom stereocenters. The second kappa shape index (κ2) is 8.11. The van der Waals surface area contributed by atoms with Gasteiger partial charge in [-0.05, 0) is 11.6 Å². The van der Waals surface area contributed by atoms with Crippen LogP contribution in [-0.2, 0) is 11.3 Å². The Labute approximate surface area is 154 Å². The summed E-state index contributed by atoms with van der Waals surface area (Å²) in [5.41, 5.74) is -2.96. The van der Waals surface area contributed by atoms with Gasteiger partial charge in [-0.2, -0.15) is 0 Å². The lowest BCUT2D eigenvalue weighted by Crippen LogP contribution is -2.06. The number of aliphatic hydroxyl groups is 1. The minimum absolute atomic E-state index is 0.00337. The zero-order valence-corrected chi connectivity index (χ0v) is 13.7. The number of nitro benzene ring substituents is 4. The van der Waals surface area contributed by atoms with E-state index in [1.165, 1.54) is 0 Å². The van der Waals surface area contributed by atoms with Gasteiger partial charge in [0.25, 0.3) is 11.4 Å². The van der Waals surface area contributed by atoms with Gasteiger partial charge in [0.1, 0.15) is 0 Å². The average molecular weight is 394 g/mol. The number of benzene rings is 2. The van der Waals surface area contributed by atoms with E-state index in [1.54, 1.807) is 0 Å². The Balaban J connectivity index is 2.24. The first-order valence-electron chi connectivity index (χ1n) is 7.25. The van der Waals surface area contributed by atoms with E-state index in [9.17, 15) is 45.6 Å². The molecule has 146 valence electrons. The molecule has 28 heavy (non-hydrogen) atoms. The Morgan fingerprint density at radius 2 is 1.32 bits per heavy atom. The highest BCUT2D eigenvalue weighted by atomic mass is 16.6. The molecule has 14 nitrogen and oxygen atoms in total. The van der Waals surface area contributed by atoms with Crippen LogP contribution in [0.4, 0.5) is 22.7 Å². The molecule has 14 heteroatoms. The minimum atomic E-state index is -1.78. The third-order valence-electron chi connectivity index (χ3n) is 3.47. The van der Waals surface area contributed by atoms with Crippen LogP contribution in [0.25, 0.3) is 0 Å². The van der Waals surface area contributed by atoms with Crippen molar-refractivity contribution in [3.05, 3.63) is 88.0 Å². The third kappa shape index (κ3) is 4.57. The molecular formula is C14H10N4O10. The van der Waals surface area contributed by atoms with Gasteiger partial charge < -0.3 is 9.84 Å². The number of ether oxygens (including phenoxy) is 1. The van der Waals surface area contributed by atoms with Crippen molar-refractivity contribution in [1.82, 2.24) is 0 Å². The van der Waals surface area contributed by atoms with Crippen LogP contribution in [-0.4, -0.2) is 24.8 Å². The molecule has 2 aromatic carbocycles. The number of nitro groups is 4. The van der Waals surface area contributed by atoms with E-state index in [2.05, 4.69) is 0 Å². The normalized spacial score (nSPS) is 11.6. The minimum Gasteiger partial charge on any atom is -0.364 e. The highest BCUT2D eigenvalue weighted by molar-refractivity contribution is 5.54. The molecule has 1 N–H and O–H groups in total. The van der Waals surface area contributed by atoms with Crippen molar-refractivity contribution >= 4 is 22.7 Å². The highest BCUT2D eigenvalue weighted by Crippen LogP contribution is 2.31. The Bertz CT molecular complexity index is 944. The molecule has 0 aromatic heterocycles. The van der Waals surface area contributed by atoms with E-state index in [1.807, 2.05) is 0 Å². The number of rotatable bonds is 8. The molecule has 0 bridgehead atoms. The summed E-state index contributed by atoms with van der Waals surface area (Å²) in [7, 11) is 0. The summed E-state index contributed by atoms with van der Waals surface area (Å²) in [6, 6.07) is 5.35. The molecule has 2 aromatic rings. The lowest BCUT2D eigenvalue weighted by molar-refractivity contribution is -0.422. The topological polar surface area (TPSA) is 202 Å². The van der Waals surface area contributed by atoms with Crippen LogP contribution >= 0.6 is 0 Å². The van der Waals surface area contributed by atoms with Gasteiger partial charge in [-0.3, -0.25) is 40.5 Å². The van der Waals surface area contributed by atoms with Crippen LogP contribution in [0, 0.1) is 40.5 Å². The molecule has 0 radical (unpaired) electrons. The summed E-state index contributed by atoms with van der Waals surface area (Å²) < 4.78 is 5.04. The number of nitrogens with zero attached hydrogens (tertiary/aromatic N) is 4. The standard InChI is InChI=1S/C14H10N4O10/c19-14(9-1-2-12(17(24)25)13(5-9)18(26)27)28-7-8-3-10(15(20)21)6-11(4-8)16(22)23/h1-6,14,19H,7H2. The molecule has 0 saturated carbocycles. The van der Waals surface area contributed by atoms with Gasteiger partial charge >= 0.3 is 11.4 Å². The van der Waals surface area contributed by atoms with Gasteiger partial charge in [-0.25, -0.2) is 0 Å². The maximum atomic E-state index is 10.9. The largest absolute Gasteiger partial charge is 0.364 e. The zero-order valence-electron chi connectivity index (χ0n) is 13.7. The van der Waals surface area contributed by atoms with Gasteiger partial charge in [0.05, 0.1) is 32.4 Å². The highest BCUT2D eigenvalue weighted by Gasteiger charge is 2.26. The zero-order chi connectivity index (χ0) is 21.0. The van der Waals surface area contributed by atoms with E-state index in [0.717, 1.165) is 36.4 Å². The molecule has 0 amide bonds. The first-order chi connectivity index (χ1) is 13.1. The lowest BCUT2D eigenvalue weighted by atomic mass is 10.1. The molecule has 0 fully saturated rings. The summed E-state index contributed by atoms with van der Waals surface area (Å²) in [5.74, 6) is 0. The van der Waals surface area contributed by atoms with Crippen molar-refractivity contribution in [3.63, 3.8) is 0 Å². The average Bonchev–Trinajstić information content (AvgIpc) is 2.65. The lowest BCUT2D eigenvalue weighted by Gasteiger charge is -2.12. The predicted octanol–water partition coefficient (Wildman–Crippen LogP) is 2.53. The fraction of sp³-hybridized carbons (Fsp3) is 0.143.